The molecule has 0 aliphatic carbocycles. The van der Waals surface area contributed by atoms with Crippen LogP contribution in [-0.4, -0.2) is 172 Å². The number of carboxylic acid groups (broad SMARTS) is 3. The van der Waals surface area contributed by atoms with Crippen molar-refractivity contribution < 1.29 is 94.3 Å². The summed E-state index contributed by atoms with van der Waals surface area (Å²) < 4.78 is 20.4. The van der Waals surface area contributed by atoms with Crippen molar-refractivity contribution in [3.63, 3.8) is 0 Å². The highest BCUT2D eigenvalue weighted by atomic mass is 16.7. The number of aliphatic hydroxyl groups excluding tert-OH is 8. The summed E-state index contributed by atoms with van der Waals surface area (Å²) in [5.74, 6) is -6.61. The Morgan fingerprint density at radius 1 is 0.804 bits per heavy atom. The Bertz CT molecular complexity index is 1250. The number of benzene rings is 1. The molecule has 0 unspecified atom stereocenters. The quantitative estimate of drug-likeness (QED) is 0.0877. The van der Waals surface area contributed by atoms with E-state index in [1.807, 2.05) is 0 Å². The number of primary amides is 1. The van der Waals surface area contributed by atoms with Crippen molar-refractivity contribution in [2.75, 3.05) is 11.9 Å². The molecule has 1 aromatic carbocycles. The standard InChI is InChI=1S/C25H34N2O19/c26-20(36)6-3-1-2-4-7(6)27-5-8(28)9(29)16(15(35)21(37)38)43-25-14(34)12(32)17(19(46-25)23(41)42)44-24-13(33)10(30)11(31)18(45-24)22(39)40/h1-4,8-19,24-25,27-35H,5H2,(H2,26,36)(H,37,38)(H,39,40)(H,41,42)/t8-,9+,10-,11+,12+,13+,14+,15-,16+,17+,18-,19-,24-,25-/m0/s1. The first kappa shape index (κ1) is 36.9. The fourth-order valence-corrected chi connectivity index (χ4v) is 4.66. The van der Waals surface area contributed by atoms with Gasteiger partial charge in [0, 0.05) is 12.2 Å². The molecule has 0 spiro atoms. The molecule has 0 saturated carbocycles. The van der Waals surface area contributed by atoms with Crippen molar-refractivity contribution in [2.24, 2.45) is 5.73 Å². The van der Waals surface area contributed by atoms with Crippen LogP contribution in [0.5, 0.6) is 0 Å². The van der Waals surface area contributed by atoms with Gasteiger partial charge in [0.1, 0.15) is 48.8 Å². The van der Waals surface area contributed by atoms with Gasteiger partial charge < -0.3 is 86.2 Å². The van der Waals surface area contributed by atoms with Crippen molar-refractivity contribution in [3.05, 3.63) is 29.8 Å². The number of para-hydroxylation sites is 1. The second kappa shape index (κ2) is 15.3. The number of anilines is 1. The number of carbonyl (C=O) groups is 4. The molecule has 21 heteroatoms. The van der Waals surface area contributed by atoms with Crippen molar-refractivity contribution in [1.29, 1.82) is 0 Å². The molecule has 0 bridgehead atoms. The van der Waals surface area contributed by atoms with Gasteiger partial charge in [0.05, 0.1) is 11.7 Å². The second-order valence-electron chi connectivity index (χ2n) is 10.3. The topological polar surface area (TPSA) is 366 Å². The fourth-order valence-electron chi connectivity index (χ4n) is 4.66. The normalized spacial score (nSPS) is 34.1. The first-order valence-corrected chi connectivity index (χ1v) is 13.3. The van der Waals surface area contributed by atoms with E-state index < -0.39 is 116 Å². The zero-order chi connectivity index (χ0) is 34.6. The number of rotatable bonds is 14. The van der Waals surface area contributed by atoms with Gasteiger partial charge in [-0.25, -0.2) is 14.4 Å². The molecule has 1 aromatic rings. The highest BCUT2D eigenvalue weighted by molar-refractivity contribution is 5.98. The molecule has 0 radical (unpaired) electrons. The van der Waals surface area contributed by atoms with E-state index in [-0.39, 0.29) is 11.3 Å². The highest BCUT2D eigenvalue weighted by Gasteiger charge is 2.55. The molecule has 14 N–H and O–H groups in total. The molecule has 258 valence electrons. The lowest BCUT2D eigenvalue weighted by Gasteiger charge is -2.45. The first-order chi connectivity index (χ1) is 21.5. The van der Waals surface area contributed by atoms with Crippen molar-refractivity contribution in [1.82, 2.24) is 0 Å². The van der Waals surface area contributed by atoms with Crippen LogP contribution in [0.1, 0.15) is 10.4 Å². The number of nitrogens with two attached hydrogens (primary N) is 1. The minimum Gasteiger partial charge on any atom is -0.479 e. The van der Waals surface area contributed by atoms with Gasteiger partial charge in [-0.15, -0.1) is 0 Å². The smallest absolute Gasteiger partial charge is 0.335 e. The van der Waals surface area contributed by atoms with Gasteiger partial charge >= 0.3 is 17.9 Å². The first-order valence-electron chi connectivity index (χ1n) is 13.3. The Morgan fingerprint density at radius 3 is 1.93 bits per heavy atom. The summed E-state index contributed by atoms with van der Waals surface area (Å²) >= 11 is 0. The molecule has 2 heterocycles. The molecule has 0 aromatic heterocycles. The number of aliphatic hydroxyl groups is 8. The van der Waals surface area contributed by atoms with Gasteiger partial charge in [-0.2, -0.15) is 0 Å². The Labute approximate surface area is 257 Å². The second-order valence-corrected chi connectivity index (χ2v) is 10.3. The van der Waals surface area contributed by atoms with Crippen LogP contribution < -0.4 is 11.1 Å². The highest BCUT2D eigenvalue weighted by Crippen LogP contribution is 2.31. The van der Waals surface area contributed by atoms with Crippen molar-refractivity contribution in [3.8, 4) is 0 Å². The fraction of sp³-hybridized carbons (Fsp3) is 0.600. The molecular formula is C25H34N2O19. The van der Waals surface area contributed by atoms with E-state index in [1.165, 1.54) is 24.3 Å². The molecule has 2 aliphatic heterocycles. The van der Waals surface area contributed by atoms with Gasteiger partial charge in [-0.05, 0) is 12.1 Å². The predicted octanol–water partition coefficient (Wildman–Crippen LogP) is -6.44. The van der Waals surface area contributed by atoms with Crippen LogP contribution in [0.25, 0.3) is 0 Å². The zero-order valence-corrected chi connectivity index (χ0v) is 23.4. The van der Waals surface area contributed by atoms with Crippen LogP contribution in [0.4, 0.5) is 5.69 Å². The third-order valence-electron chi connectivity index (χ3n) is 7.17. The molecular weight excluding hydrogens is 632 g/mol. The van der Waals surface area contributed by atoms with Crippen LogP contribution in [0.2, 0.25) is 0 Å². The molecule has 3 rings (SSSR count). The van der Waals surface area contributed by atoms with Crippen molar-refractivity contribution in [2.45, 2.75) is 85.8 Å². The van der Waals surface area contributed by atoms with Gasteiger partial charge in [0.25, 0.3) is 5.91 Å². The Kier molecular flexibility index (Phi) is 12.3. The number of nitrogens with one attached hydrogen (secondary N) is 1. The molecule has 2 fully saturated rings. The number of ether oxygens (including phenoxy) is 4. The monoisotopic (exact) mass is 666 g/mol. The summed E-state index contributed by atoms with van der Waals surface area (Å²) in [7, 11) is 0. The summed E-state index contributed by atoms with van der Waals surface area (Å²) in [6.45, 7) is -0.608. The lowest BCUT2D eigenvalue weighted by molar-refractivity contribution is -0.358. The van der Waals surface area contributed by atoms with Crippen LogP contribution >= 0.6 is 0 Å². The van der Waals surface area contributed by atoms with E-state index in [4.69, 9.17) is 24.7 Å². The summed E-state index contributed by atoms with van der Waals surface area (Å²) in [6, 6.07) is 5.71. The molecule has 1 amide bonds. The van der Waals surface area contributed by atoms with Gasteiger partial charge in [0.15, 0.2) is 30.9 Å². The summed E-state index contributed by atoms with van der Waals surface area (Å²) in [4.78, 5) is 46.6. The van der Waals surface area contributed by atoms with Gasteiger partial charge in [-0.1, -0.05) is 12.1 Å². The predicted molar refractivity (Wildman–Crippen MR) is 141 cm³/mol. The lowest BCUT2D eigenvalue weighted by Crippen LogP contribution is -2.66. The number of carbonyl (C=O) groups excluding carboxylic acids is 1. The molecule has 2 saturated heterocycles. The lowest BCUT2D eigenvalue weighted by atomic mass is 9.96. The Hall–Kier alpha value is -3.58. The average Bonchev–Trinajstić information content (AvgIpc) is 3.00. The number of hydrogen-bond acceptors (Lipinski definition) is 17. The van der Waals surface area contributed by atoms with Crippen LogP contribution in [0, 0.1) is 0 Å². The number of aliphatic carboxylic acids is 3. The van der Waals surface area contributed by atoms with Crippen LogP contribution in [-0.2, 0) is 33.3 Å². The minimum absolute atomic E-state index is 0.0120. The van der Waals surface area contributed by atoms with E-state index in [1.54, 1.807) is 0 Å². The maximum atomic E-state index is 12.0. The number of amides is 1. The average molecular weight is 667 g/mol. The number of carboxylic acids is 3. The van der Waals surface area contributed by atoms with E-state index in [9.17, 15) is 75.3 Å². The third kappa shape index (κ3) is 8.03. The van der Waals surface area contributed by atoms with E-state index in [0.29, 0.717) is 0 Å². The summed E-state index contributed by atoms with van der Waals surface area (Å²) in [5, 5.41) is 114. The maximum Gasteiger partial charge on any atom is 0.335 e. The zero-order valence-electron chi connectivity index (χ0n) is 23.4. The van der Waals surface area contributed by atoms with Gasteiger partial charge in [-0.3, -0.25) is 4.79 Å². The Morgan fingerprint density at radius 2 is 1.37 bits per heavy atom. The van der Waals surface area contributed by atoms with E-state index >= 15 is 0 Å². The molecule has 14 atom stereocenters. The van der Waals surface area contributed by atoms with Crippen LogP contribution in [0.15, 0.2) is 24.3 Å². The molecule has 46 heavy (non-hydrogen) atoms. The minimum atomic E-state index is -2.65. The SMILES string of the molecule is NC(=O)c1ccccc1NC[C@H](O)[C@@H](O)[C@@H](O[C@H]1O[C@H](C(=O)O)[C@H](O[C@H]2O[C@H](C(=O)O)[C@H](O)[C@H](O)[C@H]2O)[C@H](O)[C@H]1O)[C@H](O)C(=O)O. The van der Waals surface area contributed by atoms with E-state index in [0.717, 1.165) is 0 Å². The van der Waals surface area contributed by atoms with Gasteiger partial charge in [0.2, 0.25) is 0 Å². The molecule has 2 aliphatic rings. The largest absolute Gasteiger partial charge is 0.479 e. The maximum absolute atomic E-state index is 12.0. The third-order valence-corrected chi connectivity index (χ3v) is 7.17. The summed E-state index contributed by atoms with van der Waals surface area (Å²) in [6.07, 6.45) is -31.9. The van der Waals surface area contributed by atoms with Crippen molar-refractivity contribution >= 4 is 29.5 Å². The van der Waals surface area contributed by atoms with Crippen LogP contribution in [0.3, 0.4) is 0 Å². The number of hydrogen-bond donors (Lipinski definition) is 13. The van der Waals surface area contributed by atoms with E-state index in [2.05, 4.69) is 5.32 Å². The Balaban J connectivity index is 1.79. The summed E-state index contributed by atoms with van der Waals surface area (Å²) in [5.41, 5.74) is 5.37. The molecule has 21 nitrogen and oxygen atoms in total.